The van der Waals surface area contributed by atoms with E-state index in [0.717, 1.165) is 11.1 Å². The van der Waals surface area contributed by atoms with Crippen LogP contribution in [0.25, 0.3) is 16.9 Å². The zero-order chi connectivity index (χ0) is 11.0. The molecule has 16 heavy (non-hydrogen) atoms. The summed E-state index contributed by atoms with van der Waals surface area (Å²) in [5.41, 5.74) is 1.86. The van der Waals surface area contributed by atoms with Crippen LogP contribution in [0.5, 0.6) is 0 Å². The molecular formula is C11H7ClN4. The molecule has 1 aromatic carbocycles. The summed E-state index contributed by atoms with van der Waals surface area (Å²) in [4.78, 5) is 8.14. The second kappa shape index (κ2) is 3.57. The van der Waals surface area contributed by atoms with Gasteiger partial charge < -0.3 is 0 Å². The average Bonchev–Trinajstić information content (AvgIpc) is 2.76. The quantitative estimate of drug-likeness (QED) is 0.603. The highest BCUT2D eigenvalue weighted by Crippen LogP contribution is 2.25. The van der Waals surface area contributed by atoms with Crippen LogP contribution >= 0.6 is 11.6 Å². The summed E-state index contributed by atoms with van der Waals surface area (Å²) in [6.07, 6.45) is 3.28. The summed E-state index contributed by atoms with van der Waals surface area (Å²) in [6.45, 7) is 0. The number of aromatic nitrogens is 4. The first kappa shape index (κ1) is 9.30. The Morgan fingerprint density at radius 2 is 1.94 bits per heavy atom. The SMILES string of the molecule is Clc1nc2ncnn2cc1-c1ccccc1. The van der Waals surface area contributed by atoms with Crippen molar-refractivity contribution in [2.24, 2.45) is 0 Å². The van der Waals surface area contributed by atoms with Gasteiger partial charge in [0.25, 0.3) is 5.78 Å². The van der Waals surface area contributed by atoms with Crippen LogP contribution in [0.15, 0.2) is 42.9 Å². The van der Waals surface area contributed by atoms with Crippen LogP contribution in [0.3, 0.4) is 0 Å². The van der Waals surface area contributed by atoms with Crippen molar-refractivity contribution >= 4 is 17.4 Å². The molecule has 2 aromatic heterocycles. The van der Waals surface area contributed by atoms with Gasteiger partial charge in [0.1, 0.15) is 11.5 Å². The van der Waals surface area contributed by atoms with Gasteiger partial charge in [-0.15, -0.1) is 0 Å². The molecule has 0 spiro atoms. The van der Waals surface area contributed by atoms with Crippen molar-refractivity contribution in [3.8, 4) is 11.1 Å². The Balaban J connectivity index is 2.27. The summed E-state index contributed by atoms with van der Waals surface area (Å²) in [5.74, 6) is 0.504. The van der Waals surface area contributed by atoms with Gasteiger partial charge in [-0.2, -0.15) is 15.1 Å². The van der Waals surface area contributed by atoms with E-state index >= 15 is 0 Å². The zero-order valence-corrected chi connectivity index (χ0v) is 8.96. The summed E-state index contributed by atoms with van der Waals surface area (Å²) in [7, 11) is 0. The maximum atomic E-state index is 6.10. The van der Waals surface area contributed by atoms with Crippen LogP contribution in [0.4, 0.5) is 0 Å². The molecule has 4 nitrogen and oxygen atoms in total. The van der Waals surface area contributed by atoms with E-state index in [1.807, 2.05) is 36.5 Å². The Kier molecular flexibility index (Phi) is 2.08. The van der Waals surface area contributed by atoms with Gasteiger partial charge in [0.2, 0.25) is 0 Å². The highest BCUT2D eigenvalue weighted by molar-refractivity contribution is 6.32. The lowest BCUT2D eigenvalue weighted by Crippen LogP contribution is -1.93. The minimum absolute atomic E-state index is 0.437. The predicted octanol–water partition coefficient (Wildman–Crippen LogP) is 2.44. The fraction of sp³-hybridized carbons (Fsp3) is 0. The Morgan fingerprint density at radius 3 is 2.75 bits per heavy atom. The number of nitrogens with zero attached hydrogens (tertiary/aromatic N) is 4. The fourth-order valence-electron chi connectivity index (χ4n) is 1.55. The van der Waals surface area contributed by atoms with Crippen LogP contribution in [0, 0.1) is 0 Å². The van der Waals surface area contributed by atoms with E-state index in [4.69, 9.17) is 11.6 Å². The first-order valence-corrected chi connectivity index (χ1v) is 5.14. The number of halogens is 1. The largest absolute Gasteiger partial charge is 0.253 e. The summed E-state index contributed by atoms with van der Waals surface area (Å²) in [5, 5.41) is 4.47. The fourth-order valence-corrected chi connectivity index (χ4v) is 1.78. The van der Waals surface area contributed by atoms with Crippen molar-refractivity contribution in [3.05, 3.63) is 48.0 Å². The van der Waals surface area contributed by atoms with Gasteiger partial charge in [0.15, 0.2) is 0 Å². The summed E-state index contributed by atoms with van der Waals surface area (Å²) < 4.78 is 1.61. The molecule has 0 amide bonds. The van der Waals surface area contributed by atoms with E-state index in [1.54, 1.807) is 4.52 Å². The molecule has 0 aliphatic carbocycles. The lowest BCUT2D eigenvalue weighted by Gasteiger charge is -2.03. The monoisotopic (exact) mass is 230 g/mol. The highest BCUT2D eigenvalue weighted by atomic mass is 35.5. The van der Waals surface area contributed by atoms with Crippen molar-refractivity contribution in [3.63, 3.8) is 0 Å². The minimum atomic E-state index is 0.437. The van der Waals surface area contributed by atoms with Crippen LogP contribution in [0.1, 0.15) is 0 Å². The smallest absolute Gasteiger partial charge is 0.204 e. The number of rotatable bonds is 1. The molecular weight excluding hydrogens is 224 g/mol. The van der Waals surface area contributed by atoms with E-state index in [-0.39, 0.29) is 0 Å². The van der Waals surface area contributed by atoms with Crippen LogP contribution < -0.4 is 0 Å². The van der Waals surface area contributed by atoms with Gasteiger partial charge in [-0.3, -0.25) is 0 Å². The molecule has 0 radical (unpaired) electrons. The third-order valence-corrected chi connectivity index (χ3v) is 2.60. The van der Waals surface area contributed by atoms with E-state index < -0.39 is 0 Å². The van der Waals surface area contributed by atoms with E-state index in [0.29, 0.717) is 10.9 Å². The van der Waals surface area contributed by atoms with E-state index in [1.165, 1.54) is 6.33 Å². The lowest BCUT2D eigenvalue weighted by molar-refractivity contribution is 0.941. The average molecular weight is 231 g/mol. The molecule has 0 bridgehead atoms. The Morgan fingerprint density at radius 1 is 1.12 bits per heavy atom. The molecule has 5 heteroatoms. The van der Waals surface area contributed by atoms with Gasteiger partial charge in [-0.25, -0.2) is 4.52 Å². The predicted molar refractivity (Wildman–Crippen MR) is 61.2 cm³/mol. The zero-order valence-electron chi connectivity index (χ0n) is 8.21. The Labute approximate surface area is 96.5 Å². The topological polar surface area (TPSA) is 43.1 Å². The molecule has 2 heterocycles. The van der Waals surface area contributed by atoms with Crippen LogP contribution in [-0.4, -0.2) is 19.6 Å². The number of hydrogen-bond donors (Lipinski definition) is 0. The third kappa shape index (κ3) is 1.44. The maximum Gasteiger partial charge on any atom is 0.253 e. The number of hydrogen-bond acceptors (Lipinski definition) is 3. The van der Waals surface area contributed by atoms with Gasteiger partial charge in [0, 0.05) is 11.8 Å². The van der Waals surface area contributed by atoms with Crippen molar-refractivity contribution < 1.29 is 0 Å². The van der Waals surface area contributed by atoms with Crippen molar-refractivity contribution in [2.45, 2.75) is 0 Å². The maximum absolute atomic E-state index is 6.10. The molecule has 0 aliphatic heterocycles. The van der Waals surface area contributed by atoms with Crippen molar-refractivity contribution in [1.29, 1.82) is 0 Å². The Hall–Kier alpha value is -1.94. The Bertz CT molecular complexity index is 633. The molecule has 0 fully saturated rings. The first-order chi connectivity index (χ1) is 7.84. The molecule has 0 saturated heterocycles. The molecule has 0 N–H and O–H groups in total. The van der Waals surface area contributed by atoms with Gasteiger partial charge >= 0.3 is 0 Å². The second-order valence-electron chi connectivity index (χ2n) is 3.32. The standard InChI is InChI=1S/C11H7ClN4/c12-10-9(8-4-2-1-3-5-8)6-16-11(15-10)13-7-14-16/h1-7H. The van der Waals surface area contributed by atoms with Gasteiger partial charge in [0.05, 0.1) is 0 Å². The molecule has 78 valence electrons. The summed E-state index contributed by atoms with van der Waals surface area (Å²) in [6, 6.07) is 9.82. The molecule has 0 atom stereocenters. The van der Waals surface area contributed by atoms with Gasteiger partial charge in [-0.05, 0) is 5.56 Å². The van der Waals surface area contributed by atoms with Crippen LogP contribution in [-0.2, 0) is 0 Å². The number of fused-ring (bicyclic) bond motifs is 1. The molecule has 3 rings (SSSR count). The van der Waals surface area contributed by atoms with Crippen molar-refractivity contribution in [2.75, 3.05) is 0 Å². The molecule has 0 unspecified atom stereocenters. The number of benzene rings is 1. The molecule has 3 aromatic rings. The molecule has 0 saturated carbocycles. The molecule has 0 aliphatic rings. The van der Waals surface area contributed by atoms with E-state index in [2.05, 4.69) is 15.1 Å². The van der Waals surface area contributed by atoms with Crippen molar-refractivity contribution in [1.82, 2.24) is 19.6 Å². The first-order valence-electron chi connectivity index (χ1n) is 4.76. The van der Waals surface area contributed by atoms with E-state index in [9.17, 15) is 0 Å². The third-order valence-electron chi connectivity index (χ3n) is 2.31. The van der Waals surface area contributed by atoms with Crippen LogP contribution in [0.2, 0.25) is 5.15 Å². The minimum Gasteiger partial charge on any atom is -0.204 e. The highest BCUT2D eigenvalue weighted by Gasteiger charge is 2.07. The lowest BCUT2D eigenvalue weighted by atomic mass is 10.1. The second-order valence-corrected chi connectivity index (χ2v) is 3.67. The summed E-state index contributed by atoms with van der Waals surface area (Å²) >= 11 is 6.10. The normalized spacial score (nSPS) is 10.8. The van der Waals surface area contributed by atoms with Gasteiger partial charge in [-0.1, -0.05) is 41.9 Å².